The molecule has 2 aliphatic rings. The monoisotopic (exact) mass is 560 g/mol. The van der Waals surface area contributed by atoms with Gasteiger partial charge in [-0.2, -0.15) is 13.2 Å². The summed E-state index contributed by atoms with van der Waals surface area (Å²) in [6, 6.07) is 9.32. The summed E-state index contributed by atoms with van der Waals surface area (Å²) < 4.78 is 55.4. The van der Waals surface area contributed by atoms with Crippen molar-refractivity contribution in [1.82, 2.24) is 15.2 Å². The summed E-state index contributed by atoms with van der Waals surface area (Å²) in [5.41, 5.74) is 7.95. The van der Waals surface area contributed by atoms with Gasteiger partial charge in [0.05, 0.1) is 5.41 Å². The highest BCUT2D eigenvalue weighted by molar-refractivity contribution is 5.69. The predicted octanol–water partition coefficient (Wildman–Crippen LogP) is 7.34. The summed E-state index contributed by atoms with van der Waals surface area (Å²) in [5.74, 6) is 0.188. The van der Waals surface area contributed by atoms with E-state index in [1.165, 1.54) is 6.07 Å². The number of hydrogen-bond acceptors (Lipinski definition) is 4. The third kappa shape index (κ3) is 7.84. The normalized spacial score (nSPS) is 18.8. The van der Waals surface area contributed by atoms with Gasteiger partial charge in [0.25, 0.3) is 0 Å². The van der Waals surface area contributed by atoms with Gasteiger partial charge in [-0.3, -0.25) is 4.98 Å². The first kappa shape index (κ1) is 30.5. The van der Waals surface area contributed by atoms with Gasteiger partial charge in [-0.05, 0) is 101 Å². The Labute approximate surface area is 236 Å². The molecule has 1 atom stereocenters. The molecule has 4 nitrogen and oxygen atoms in total. The topological polar surface area (TPSA) is 54.2 Å². The van der Waals surface area contributed by atoms with Crippen molar-refractivity contribution in [3.63, 3.8) is 0 Å². The first-order chi connectivity index (χ1) is 19.1. The lowest BCUT2D eigenvalue weighted by molar-refractivity contribution is -0.256. The number of pyridine rings is 1. The molecule has 3 N–H and O–H groups in total. The second-order valence-corrected chi connectivity index (χ2v) is 12.0. The molecule has 40 heavy (non-hydrogen) atoms. The molecule has 1 aliphatic heterocycles. The molecular formula is C32H44F4N4. The second-order valence-electron chi connectivity index (χ2n) is 12.0. The number of piperidine rings is 1. The lowest BCUT2D eigenvalue weighted by Crippen LogP contribution is -2.53. The van der Waals surface area contributed by atoms with E-state index in [1.54, 1.807) is 12.3 Å². The van der Waals surface area contributed by atoms with Gasteiger partial charge in [-0.25, -0.2) is 4.39 Å². The molecule has 2 fully saturated rings. The highest BCUT2D eigenvalue weighted by Crippen LogP contribution is 2.53. The standard InChI is InChI=1S/C32H44F4N4/c1-23(37)6-3-4-17-38-24(2)29-12-9-26(20-30(29)33)27-8-11-28(39-21-27)10-7-25-13-18-40(19-14-25)22-31(15-5-16-31)32(34,35)36/h8-9,11-12,20-21,23,25,38H,2-7,10,13-19,22,37H2,1H3. The fourth-order valence-electron chi connectivity index (χ4n) is 5.96. The minimum Gasteiger partial charge on any atom is -0.385 e. The van der Waals surface area contributed by atoms with E-state index in [9.17, 15) is 17.6 Å². The third-order valence-electron chi connectivity index (χ3n) is 8.83. The van der Waals surface area contributed by atoms with E-state index in [0.29, 0.717) is 23.6 Å². The minimum absolute atomic E-state index is 0.160. The fraction of sp³-hybridized carbons (Fsp3) is 0.594. The number of halogens is 4. The van der Waals surface area contributed by atoms with Crippen molar-refractivity contribution in [3.8, 4) is 11.1 Å². The Morgan fingerprint density at radius 1 is 1.15 bits per heavy atom. The molecule has 2 heterocycles. The van der Waals surface area contributed by atoms with Crippen LogP contribution in [-0.4, -0.2) is 48.3 Å². The lowest BCUT2D eigenvalue weighted by Gasteiger charge is -2.47. The third-order valence-corrected chi connectivity index (χ3v) is 8.83. The maximum Gasteiger partial charge on any atom is 0.395 e. The Hall–Kier alpha value is -2.45. The number of unbranched alkanes of at least 4 members (excludes halogenated alkanes) is 1. The SMILES string of the molecule is C=C(NCCCCC(C)N)c1ccc(-c2ccc(CCC3CCN(CC4(C(F)(F)F)CCC4)CC3)nc2)cc1F. The number of benzene rings is 1. The number of nitrogens with one attached hydrogen (secondary N) is 1. The van der Waals surface area contributed by atoms with Crippen LogP contribution in [0.2, 0.25) is 0 Å². The smallest absolute Gasteiger partial charge is 0.385 e. The van der Waals surface area contributed by atoms with Crippen molar-refractivity contribution in [2.45, 2.75) is 83.4 Å². The van der Waals surface area contributed by atoms with Gasteiger partial charge in [0.2, 0.25) is 0 Å². The number of alkyl halides is 3. The van der Waals surface area contributed by atoms with Crippen LogP contribution in [0.1, 0.15) is 76.0 Å². The van der Waals surface area contributed by atoms with Crippen LogP contribution >= 0.6 is 0 Å². The van der Waals surface area contributed by atoms with Crippen molar-refractivity contribution >= 4 is 5.70 Å². The number of likely N-dealkylation sites (tertiary alicyclic amines) is 1. The summed E-state index contributed by atoms with van der Waals surface area (Å²) in [6.45, 7) is 8.36. The van der Waals surface area contributed by atoms with E-state index < -0.39 is 11.6 Å². The van der Waals surface area contributed by atoms with Crippen LogP contribution in [0.3, 0.4) is 0 Å². The Morgan fingerprint density at radius 2 is 1.88 bits per heavy atom. The molecule has 4 rings (SSSR count). The van der Waals surface area contributed by atoms with Crippen molar-refractivity contribution in [2.75, 3.05) is 26.2 Å². The van der Waals surface area contributed by atoms with Crippen LogP contribution in [0.4, 0.5) is 17.6 Å². The molecule has 2 aromatic rings. The minimum atomic E-state index is -4.09. The van der Waals surface area contributed by atoms with Gasteiger partial charge in [0, 0.05) is 47.8 Å². The molecule has 0 amide bonds. The van der Waals surface area contributed by atoms with E-state index in [0.717, 1.165) is 81.4 Å². The lowest BCUT2D eigenvalue weighted by atomic mass is 9.67. The first-order valence-electron chi connectivity index (χ1n) is 14.8. The zero-order chi connectivity index (χ0) is 28.8. The van der Waals surface area contributed by atoms with E-state index in [4.69, 9.17) is 5.73 Å². The quantitative estimate of drug-likeness (QED) is 0.199. The number of nitrogens with two attached hydrogens (primary N) is 1. The molecule has 1 unspecified atom stereocenters. The van der Waals surface area contributed by atoms with Crippen LogP contribution in [0, 0.1) is 17.2 Å². The maximum absolute atomic E-state index is 14.9. The summed E-state index contributed by atoms with van der Waals surface area (Å²) in [7, 11) is 0. The van der Waals surface area contributed by atoms with Crippen LogP contribution in [0.25, 0.3) is 16.8 Å². The molecule has 0 spiro atoms. The van der Waals surface area contributed by atoms with E-state index in [-0.39, 0.29) is 31.2 Å². The van der Waals surface area contributed by atoms with Gasteiger partial charge in [0.15, 0.2) is 0 Å². The molecule has 8 heteroatoms. The maximum atomic E-state index is 14.9. The van der Waals surface area contributed by atoms with Crippen LogP contribution in [0.15, 0.2) is 43.1 Å². The molecule has 0 radical (unpaired) electrons. The zero-order valence-corrected chi connectivity index (χ0v) is 23.7. The second kappa shape index (κ2) is 13.5. The highest BCUT2D eigenvalue weighted by Gasteiger charge is 2.58. The molecule has 0 bridgehead atoms. The number of aryl methyl sites for hydroxylation is 1. The molecular weight excluding hydrogens is 516 g/mol. The Bertz CT molecular complexity index is 1100. The number of nitrogens with zero attached hydrogens (tertiary/aromatic N) is 2. The van der Waals surface area contributed by atoms with Crippen LogP contribution in [0.5, 0.6) is 0 Å². The Balaban J connectivity index is 1.21. The summed E-state index contributed by atoms with van der Waals surface area (Å²) >= 11 is 0. The van der Waals surface area contributed by atoms with E-state index in [1.807, 2.05) is 30.0 Å². The van der Waals surface area contributed by atoms with Crippen LogP contribution in [-0.2, 0) is 6.42 Å². The molecule has 1 aromatic carbocycles. The van der Waals surface area contributed by atoms with Crippen molar-refractivity contribution < 1.29 is 17.6 Å². The van der Waals surface area contributed by atoms with Crippen molar-refractivity contribution in [2.24, 2.45) is 17.1 Å². The zero-order valence-electron chi connectivity index (χ0n) is 23.7. The molecule has 1 saturated carbocycles. The van der Waals surface area contributed by atoms with Crippen molar-refractivity contribution in [3.05, 3.63) is 60.2 Å². The van der Waals surface area contributed by atoms with E-state index >= 15 is 0 Å². The fourth-order valence-corrected chi connectivity index (χ4v) is 5.96. The largest absolute Gasteiger partial charge is 0.395 e. The number of aromatic nitrogens is 1. The summed E-state index contributed by atoms with van der Waals surface area (Å²) in [6.07, 6.45) is 5.56. The number of rotatable bonds is 13. The Kier molecular flexibility index (Phi) is 10.3. The molecule has 1 aliphatic carbocycles. The Morgan fingerprint density at radius 3 is 2.45 bits per heavy atom. The van der Waals surface area contributed by atoms with Crippen molar-refractivity contribution in [1.29, 1.82) is 0 Å². The van der Waals surface area contributed by atoms with Gasteiger partial charge >= 0.3 is 6.18 Å². The average Bonchev–Trinajstić information content (AvgIpc) is 2.89. The number of hydrogen-bond donors (Lipinski definition) is 2. The molecule has 1 saturated heterocycles. The summed E-state index contributed by atoms with van der Waals surface area (Å²) in [4.78, 5) is 6.63. The molecule has 1 aromatic heterocycles. The predicted molar refractivity (Wildman–Crippen MR) is 154 cm³/mol. The first-order valence-corrected chi connectivity index (χ1v) is 14.8. The highest BCUT2D eigenvalue weighted by atomic mass is 19.4. The van der Waals surface area contributed by atoms with E-state index in [2.05, 4.69) is 16.9 Å². The van der Waals surface area contributed by atoms with Gasteiger partial charge < -0.3 is 16.0 Å². The van der Waals surface area contributed by atoms with Gasteiger partial charge in [-0.1, -0.05) is 31.6 Å². The van der Waals surface area contributed by atoms with Gasteiger partial charge in [-0.15, -0.1) is 0 Å². The average molecular weight is 561 g/mol. The summed E-state index contributed by atoms with van der Waals surface area (Å²) in [5, 5.41) is 3.21. The van der Waals surface area contributed by atoms with Crippen LogP contribution < -0.4 is 11.1 Å². The van der Waals surface area contributed by atoms with Gasteiger partial charge in [0.1, 0.15) is 5.82 Å². The molecule has 220 valence electrons.